The lowest BCUT2D eigenvalue weighted by molar-refractivity contribution is 0.238. The predicted octanol–water partition coefficient (Wildman–Crippen LogP) is 3.06. The number of rotatable bonds is 3. The minimum Gasteiger partial charge on any atom is -0.370 e. The number of halogens is 1. The fourth-order valence-corrected chi connectivity index (χ4v) is 3.01. The van der Waals surface area contributed by atoms with Gasteiger partial charge >= 0.3 is 0 Å². The monoisotopic (exact) mass is 317 g/mol. The van der Waals surface area contributed by atoms with Crippen molar-refractivity contribution in [2.75, 3.05) is 23.6 Å². The lowest BCUT2D eigenvalue weighted by Crippen LogP contribution is -2.41. The van der Waals surface area contributed by atoms with E-state index < -0.39 is 0 Å². The Labute approximate surface area is 135 Å². The summed E-state index contributed by atoms with van der Waals surface area (Å²) >= 11 is 5.92. The second kappa shape index (κ2) is 6.16. The molecule has 2 aromatic rings. The van der Waals surface area contributed by atoms with Crippen molar-refractivity contribution in [1.29, 1.82) is 0 Å². The molecule has 0 saturated carbocycles. The highest BCUT2D eigenvalue weighted by Gasteiger charge is 2.21. The maximum Gasteiger partial charge on any atom is 0.0667 e. The number of anilines is 2. The Morgan fingerprint density at radius 3 is 2.73 bits per heavy atom. The van der Waals surface area contributed by atoms with E-state index in [0.717, 1.165) is 34.9 Å². The standard InChI is InChI=1S/C17H20ClN3O/c1-20(16-5-3-14(18)4-6-16)10-12-2-7-17-13(8-12)9-15(19)11-21(17)22/h2-8,15,22H,9-11,19H2,1H3/t15-/m0/s1. The van der Waals surface area contributed by atoms with Crippen molar-refractivity contribution in [1.82, 2.24) is 0 Å². The van der Waals surface area contributed by atoms with Gasteiger partial charge in [0.2, 0.25) is 0 Å². The molecule has 0 amide bonds. The Hall–Kier alpha value is -1.75. The van der Waals surface area contributed by atoms with E-state index in [2.05, 4.69) is 11.0 Å². The summed E-state index contributed by atoms with van der Waals surface area (Å²) in [6.45, 7) is 1.27. The lowest BCUT2D eigenvalue weighted by atomic mass is 9.97. The zero-order valence-corrected chi connectivity index (χ0v) is 13.3. The van der Waals surface area contributed by atoms with Crippen molar-refractivity contribution in [3.05, 3.63) is 58.6 Å². The lowest BCUT2D eigenvalue weighted by Gasteiger charge is -2.30. The second-order valence-electron chi connectivity index (χ2n) is 5.84. The molecule has 3 rings (SSSR count). The summed E-state index contributed by atoms with van der Waals surface area (Å²) in [5.41, 5.74) is 10.2. The van der Waals surface area contributed by atoms with Crippen LogP contribution in [0, 0.1) is 0 Å². The molecule has 0 bridgehead atoms. The highest BCUT2D eigenvalue weighted by atomic mass is 35.5. The van der Waals surface area contributed by atoms with Gasteiger partial charge in [0.25, 0.3) is 0 Å². The zero-order chi connectivity index (χ0) is 15.7. The van der Waals surface area contributed by atoms with Crippen molar-refractivity contribution in [3.63, 3.8) is 0 Å². The molecule has 4 nitrogen and oxygen atoms in total. The molecule has 0 unspecified atom stereocenters. The van der Waals surface area contributed by atoms with Gasteiger partial charge in [-0.2, -0.15) is 0 Å². The van der Waals surface area contributed by atoms with E-state index >= 15 is 0 Å². The van der Waals surface area contributed by atoms with Crippen LogP contribution in [-0.4, -0.2) is 24.8 Å². The molecule has 22 heavy (non-hydrogen) atoms. The van der Waals surface area contributed by atoms with Crippen LogP contribution in [0.2, 0.25) is 5.02 Å². The van der Waals surface area contributed by atoms with Crippen LogP contribution in [-0.2, 0) is 13.0 Å². The third-order valence-corrected chi connectivity index (χ3v) is 4.25. The summed E-state index contributed by atoms with van der Waals surface area (Å²) in [6, 6.07) is 13.9. The number of hydroxylamine groups is 1. The van der Waals surface area contributed by atoms with Crippen molar-refractivity contribution >= 4 is 23.0 Å². The molecule has 0 saturated heterocycles. The van der Waals surface area contributed by atoms with Gasteiger partial charge in [0.1, 0.15) is 0 Å². The van der Waals surface area contributed by atoms with E-state index in [-0.39, 0.29) is 6.04 Å². The van der Waals surface area contributed by atoms with Crippen molar-refractivity contribution in [3.8, 4) is 0 Å². The van der Waals surface area contributed by atoms with Crippen LogP contribution in [0.25, 0.3) is 0 Å². The van der Waals surface area contributed by atoms with Crippen molar-refractivity contribution in [2.24, 2.45) is 5.73 Å². The first-order valence-electron chi connectivity index (χ1n) is 7.33. The predicted molar refractivity (Wildman–Crippen MR) is 90.8 cm³/mol. The summed E-state index contributed by atoms with van der Waals surface area (Å²) in [6.07, 6.45) is 0.797. The topological polar surface area (TPSA) is 52.7 Å². The van der Waals surface area contributed by atoms with Gasteiger partial charge in [0.15, 0.2) is 0 Å². The Morgan fingerprint density at radius 1 is 1.27 bits per heavy atom. The van der Waals surface area contributed by atoms with E-state index in [9.17, 15) is 5.21 Å². The molecule has 2 aromatic carbocycles. The molecule has 1 aliphatic rings. The average molecular weight is 318 g/mol. The summed E-state index contributed by atoms with van der Waals surface area (Å²) in [5.74, 6) is 0. The number of nitrogens with zero attached hydrogens (tertiary/aromatic N) is 2. The first-order chi connectivity index (χ1) is 10.5. The van der Waals surface area contributed by atoms with Crippen LogP contribution in [0.15, 0.2) is 42.5 Å². The first kappa shape index (κ1) is 15.2. The minimum absolute atomic E-state index is 0.0262. The molecule has 3 N–H and O–H groups in total. The van der Waals surface area contributed by atoms with Crippen LogP contribution in [0.4, 0.5) is 11.4 Å². The molecular formula is C17H20ClN3O. The largest absolute Gasteiger partial charge is 0.370 e. The normalized spacial score (nSPS) is 17.3. The van der Waals surface area contributed by atoms with E-state index in [0.29, 0.717) is 6.54 Å². The maximum absolute atomic E-state index is 9.94. The van der Waals surface area contributed by atoms with Gasteiger partial charge in [-0.25, -0.2) is 0 Å². The molecule has 5 heteroatoms. The Kier molecular flexibility index (Phi) is 4.25. The zero-order valence-electron chi connectivity index (χ0n) is 12.5. The quantitative estimate of drug-likeness (QED) is 0.913. The number of benzene rings is 2. The number of nitrogens with two attached hydrogens (primary N) is 1. The van der Waals surface area contributed by atoms with Crippen LogP contribution in [0.3, 0.4) is 0 Å². The van der Waals surface area contributed by atoms with Gasteiger partial charge < -0.3 is 10.6 Å². The third-order valence-electron chi connectivity index (χ3n) is 4.00. The fraction of sp³-hybridized carbons (Fsp3) is 0.294. The van der Waals surface area contributed by atoms with Gasteiger partial charge in [-0.1, -0.05) is 23.7 Å². The van der Waals surface area contributed by atoms with Gasteiger partial charge in [0, 0.05) is 30.3 Å². The molecule has 0 radical (unpaired) electrons. The molecule has 1 heterocycles. The Morgan fingerprint density at radius 2 is 2.00 bits per heavy atom. The van der Waals surface area contributed by atoms with Crippen molar-refractivity contribution < 1.29 is 5.21 Å². The average Bonchev–Trinajstić information content (AvgIpc) is 2.47. The number of hydrogen-bond acceptors (Lipinski definition) is 4. The number of fused-ring (bicyclic) bond motifs is 1. The van der Waals surface area contributed by atoms with Gasteiger partial charge in [-0.3, -0.25) is 10.3 Å². The Balaban J connectivity index is 1.78. The molecule has 0 aromatic heterocycles. The highest BCUT2D eigenvalue weighted by Crippen LogP contribution is 2.27. The van der Waals surface area contributed by atoms with Crippen LogP contribution >= 0.6 is 11.6 Å². The SMILES string of the molecule is CN(Cc1ccc2c(c1)C[C@H](N)CN2O)c1ccc(Cl)cc1. The maximum atomic E-state index is 9.94. The summed E-state index contributed by atoms with van der Waals surface area (Å²) in [4.78, 5) is 2.16. The van der Waals surface area contributed by atoms with Crippen LogP contribution in [0.5, 0.6) is 0 Å². The van der Waals surface area contributed by atoms with Crippen LogP contribution < -0.4 is 15.7 Å². The van der Waals surface area contributed by atoms with Gasteiger partial charge in [0.05, 0.1) is 12.2 Å². The molecule has 0 fully saturated rings. The van der Waals surface area contributed by atoms with Gasteiger partial charge in [-0.05, 0) is 47.9 Å². The van der Waals surface area contributed by atoms with Crippen molar-refractivity contribution in [2.45, 2.75) is 19.0 Å². The molecule has 0 spiro atoms. The van der Waals surface area contributed by atoms with E-state index in [1.165, 1.54) is 10.6 Å². The summed E-state index contributed by atoms with van der Waals surface area (Å²) in [7, 11) is 2.05. The smallest absolute Gasteiger partial charge is 0.0667 e. The molecule has 1 atom stereocenters. The molecule has 116 valence electrons. The van der Waals surface area contributed by atoms with E-state index in [4.69, 9.17) is 17.3 Å². The highest BCUT2D eigenvalue weighted by molar-refractivity contribution is 6.30. The van der Waals surface area contributed by atoms with E-state index in [1.54, 1.807) is 0 Å². The first-order valence-corrected chi connectivity index (χ1v) is 7.71. The molecular weight excluding hydrogens is 298 g/mol. The van der Waals surface area contributed by atoms with Gasteiger partial charge in [-0.15, -0.1) is 0 Å². The van der Waals surface area contributed by atoms with E-state index in [1.807, 2.05) is 43.4 Å². The molecule has 0 aliphatic carbocycles. The molecule has 1 aliphatic heterocycles. The number of hydrogen-bond donors (Lipinski definition) is 2. The summed E-state index contributed by atoms with van der Waals surface area (Å²) in [5, 5.41) is 11.9. The second-order valence-corrected chi connectivity index (χ2v) is 6.28. The third kappa shape index (κ3) is 3.19. The van der Waals surface area contributed by atoms with Crippen LogP contribution in [0.1, 0.15) is 11.1 Å². The fourth-order valence-electron chi connectivity index (χ4n) is 2.88. The summed E-state index contributed by atoms with van der Waals surface area (Å²) < 4.78 is 0. The Bertz CT molecular complexity index is 659. The minimum atomic E-state index is -0.0262.